The number of aromatic nitrogens is 3. The van der Waals surface area contributed by atoms with Crippen LogP contribution in [0, 0.1) is 0 Å². The van der Waals surface area contributed by atoms with Crippen molar-refractivity contribution in [3.05, 3.63) is 164 Å². The van der Waals surface area contributed by atoms with Gasteiger partial charge in [0.2, 0.25) is 0 Å². The molecule has 2 aromatic heterocycles. The van der Waals surface area contributed by atoms with E-state index in [0.717, 1.165) is 44.8 Å². The van der Waals surface area contributed by atoms with Crippen LogP contribution in [0.3, 0.4) is 0 Å². The van der Waals surface area contributed by atoms with E-state index in [1.807, 2.05) is 48.8 Å². The lowest BCUT2D eigenvalue weighted by molar-refractivity contribution is 1.18. The molecule has 0 fully saturated rings. The van der Waals surface area contributed by atoms with Crippen molar-refractivity contribution in [2.24, 2.45) is 0 Å². The van der Waals surface area contributed by atoms with E-state index in [9.17, 15) is 0 Å². The Kier molecular flexibility index (Phi) is 6.89. The van der Waals surface area contributed by atoms with Crippen LogP contribution in [0.1, 0.15) is 0 Å². The maximum Gasteiger partial charge on any atom is 0.160 e. The highest BCUT2D eigenvalue weighted by atomic mass is 14.9. The minimum atomic E-state index is 0.711. The van der Waals surface area contributed by atoms with Crippen molar-refractivity contribution in [3.8, 4) is 67.3 Å². The summed E-state index contributed by atoms with van der Waals surface area (Å²) in [6.45, 7) is 0. The summed E-state index contributed by atoms with van der Waals surface area (Å²) in [5, 5.41) is 0. The fourth-order valence-electron chi connectivity index (χ4n) is 5.20. The molecule has 5 aromatic carbocycles. The number of nitrogens with zero attached hydrogens (tertiary/aromatic N) is 3. The monoisotopic (exact) mass is 537 g/mol. The second kappa shape index (κ2) is 11.4. The summed E-state index contributed by atoms with van der Waals surface area (Å²) in [6.07, 6.45) is 3.66. The molecule has 0 saturated heterocycles. The van der Waals surface area contributed by atoms with Crippen LogP contribution in [-0.4, -0.2) is 15.0 Å². The lowest BCUT2D eigenvalue weighted by Crippen LogP contribution is -1.96. The Bertz CT molecular complexity index is 1950. The van der Waals surface area contributed by atoms with Crippen LogP contribution in [0.4, 0.5) is 0 Å². The first kappa shape index (κ1) is 25.3. The molecule has 0 saturated carbocycles. The van der Waals surface area contributed by atoms with Gasteiger partial charge in [0, 0.05) is 29.1 Å². The molecule has 0 spiro atoms. The minimum absolute atomic E-state index is 0.711. The van der Waals surface area contributed by atoms with Crippen molar-refractivity contribution in [1.29, 1.82) is 0 Å². The molecule has 0 bridgehead atoms. The lowest BCUT2D eigenvalue weighted by atomic mass is 9.98. The van der Waals surface area contributed by atoms with Crippen molar-refractivity contribution in [1.82, 2.24) is 15.0 Å². The van der Waals surface area contributed by atoms with Gasteiger partial charge in [-0.2, -0.15) is 0 Å². The molecule has 0 aliphatic rings. The standard InChI is InChI=1S/C39H27N3/c1-3-9-28(10-4-1)35-15-8-16-36(26-35)38-27-37(41-39(42-38)32-11-5-2-6-12-32)31-19-17-29(18-20-31)33-13-7-14-34(25-33)30-21-23-40-24-22-30/h1-27H. The third-order valence-electron chi connectivity index (χ3n) is 7.41. The Balaban J connectivity index is 1.28. The van der Waals surface area contributed by atoms with Gasteiger partial charge in [-0.1, -0.05) is 121 Å². The van der Waals surface area contributed by atoms with Crippen LogP contribution in [0.15, 0.2) is 164 Å². The smallest absolute Gasteiger partial charge is 0.160 e. The van der Waals surface area contributed by atoms with Crippen molar-refractivity contribution in [2.45, 2.75) is 0 Å². The molecule has 3 nitrogen and oxygen atoms in total. The van der Waals surface area contributed by atoms with E-state index in [1.165, 1.54) is 16.7 Å². The topological polar surface area (TPSA) is 38.7 Å². The van der Waals surface area contributed by atoms with Crippen molar-refractivity contribution < 1.29 is 0 Å². The van der Waals surface area contributed by atoms with Gasteiger partial charge in [0.1, 0.15) is 0 Å². The van der Waals surface area contributed by atoms with Gasteiger partial charge in [-0.3, -0.25) is 4.98 Å². The molecule has 0 unspecified atom stereocenters. The normalized spacial score (nSPS) is 10.9. The molecule has 0 aliphatic carbocycles. The molecule has 0 atom stereocenters. The highest BCUT2D eigenvalue weighted by molar-refractivity contribution is 5.78. The largest absolute Gasteiger partial charge is 0.265 e. The zero-order valence-corrected chi connectivity index (χ0v) is 22.9. The minimum Gasteiger partial charge on any atom is -0.265 e. The third-order valence-corrected chi connectivity index (χ3v) is 7.41. The van der Waals surface area contributed by atoms with Crippen LogP contribution in [0.25, 0.3) is 67.3 Å². The summed E-state index contributed by atoms with van der Waals surface area (Å²) in [5.74, 6) is 0.711. The summed E-state index contributed by atoms with van der Waals surface area (Å²) in [4.78, 5) is 14.2. The van der Waals surface area contributed by atoms with Gasteiger partial charge >= 0.3 is 0 Å². The van der Waals surface area contributed by atoms with E-state index in [4.69, 9.17) is 9.97 Å². The Morgan fingerprint density at radius 3 is 1.33 bits per heavy atom. The van der Waals surface area contributed by atoms with Crippen molar-refractivity contribution >= 4 is 0 Å². The van der Waals surface area contributed by atoms with Crippen LogP contribution < -0.4 is 0 Å². The molecule has 7 rings (SSSR count). The quantitative estimate of drug-likeness (QED) is 0.212. The fraction of sp³-hybridized carbons (Fsp3) is 0. The summed E-state index contributed by atoms with van der Waals surface area (Å²) >= 11 is 0. The van der Waals surface area contributed by atoms with Crippen molar-refractivity contribution in [2.75, 3.05) is 0 Å². The van der Waals surface area contributed by atoms with Crippen LogP contribution in [0.5, 0.6) is 0 Å². The zero-order chi connectivity index (χ0) is 28.1. The first-order valence-corrected chi connectivity index (χ1v) is 14.0. The van der Waals surface area contributed by atoms with Crippen LogP contribution in [-0.2, 0) is 0 Å². The summed E-state index contributed by atoms with van der Waals surface area (Å²) in [6, 6.07) is 52.6. The second-order valence-corrected chi connectivity index (χ2v) is 10.2. The first-order valence-electron chi connectivity index (χ1n) is 14.0. The summed E-state index contributed by atoms with van der Waals surface area (Å²) in [7, 11) is 0. The second-order valence-electron chi connectivity index (χ2n) is 10.2. The van der Waals surface area contributed by atoms with E-state index >= 15 is 0 Å². The van der Waals surface area contributed by atoms with E-state index in [2.05, 4.69) is 120 Å². The van der Waals surface area contributed by atoms with Gasteiger partial charge in [-0.15, -0.1) is 0 Å². The maximum absolute atomic E-state index is 5.02. The van der Waals surface area contributed by atoms with Gasteiger partial charge < -0.3 is 0 Å². The van der Waals surface area contributed by atoms with Gasteiger partial charge in [0.05, 0.1) is 11.4 Å². The van der Waals surface area contributed by atoms with Gasteiger partial charge in [-0.25, -0.2) is 9.97 Å². The number of rotatable bonds is 6. The summed E-state index contributed by atoms with van der Waals surface area (Å²) in [5.41, 5.74) is 11.9. The van der Waals surface area contributed by atoms with Crippen molar-refractivity contribution in [3.63, 3.8) is 0 Å². The maximum atomic E-state index is 5.02. The average molecular weight is 538 g/mol. The molecule has 3 heteroatoms. The molecule has 7 aromatic rings. The Morgan fingerprint density at radius 1 is 0.286 bits per heavy atom. The van der Waals surface area contributed by atoms with Gasteiger partial charge in [0.15, 0.2) is 5.82 Å². The zero-order valence-electron chi connectivity index (χ0n) is 22.9. The number of hydrogen-bond donors (Lipinski definition) is 0. The molecule has 0 amide bonds. The SMILES string of the molecule is c1ccc(-c2cccc(-c3cc(-c4ccc(-c5cccc(-c6ccncc6)c5)cc4)nc(-c4ccccc4)n3)c2)cc1. The van der Waals surface area contributed by atoms with Gasteiger partial charge in [-0.05, 0) is 63.7 Å². The molecule has 2 heterocycles. The third kappa shape index (κ3) is 5.36. The number of hydrogen-bond acceptors (Lipinski definition) is 3. The Morgan fingerprint density at radius 2 is 0.714 bits per heavy atom. The summed E-state index contributed by atoms with van der Waals surface area (Å²) < 4.78 is 0. The molecule has 0 aliphatic heterocycles. The molecular weight excluding hydrogens is 510 g/mol. The molecule has 0 radical (unpaired) electrons. The number of pyridine rings is 1. The van der Waals surface area contributed by atoms with E-state index < -0.39 is 0 Å². The molecular formula is C39H27N3. The average Bonchev–Trinajstić information content (AvgIpc) is 3.09. The van der Waals surface area contributed by atoms with Gasteiger partial charge in [0.25, 0.3) is 0 Å². The van der Waals surface area contributed by atoms with Crippen LogP contribution >= 0.6 is 0 Å². The molecule has 198 valence electrons. The fourth-order valence-corrected chi connectivity index (χ4v) is 5.20. The first-order chi connectivity index (χ1) is 20.8. The molecule has 0 N–H and O–H groups in total. The Hall–Kier alpha value is -5.67. The highest BCUT2D eigenvalue weighted by Crippen LogP contribution is 2.32. The Labute approximate surface area is 245 Å². The molecule has 42 heavy (non-hydrogen) atoms. The predicted molar refractivity (Wildman–Crippen MR) is 172 cm³/mol. The lowest BCUT2D eigenvalue weighted by Gasteiger charge is -2.11. The van der Waals surface area contributed by atoms with E-state index in [-0.39, 0.29) is 0 Å². The van der Waals surface area contributed by atoms with E-state index in [1.54, 1.807) is 0 Å². The number of benzene rings is 5. The predicted octanol–water partition coefficient (Wildman–Crippen LogP) is 9.87. The highest BCUT2D eigenvalue weighted by Gasteiger charge is 2.12. The van der Waals surface area contributed by atoms with Crippen LogP contribution in [0.2, 0.25) is 0 Å². The van der Waals surface area contributed by atoms with E-state index in [0.29, 0.717) is 5.82 Å².